The van der Waals surface area contributed by atoms with E-state index in [4.69, 9.17) is 16.3 Å². The molecule has 1 atom stereocenters. The number of hydrogen-bond acceptors (Lipinski definition) is 3. The van der Waals surface area contributed by atoms with Crippen LogP contribution in [0.25, 0.3) is 0 Å². The molecule has 1 aliphatic heterocycles. The Morgan fingerprint density at radius 3 is 2.48 bits per heavy atom. The Morgan fingerprint density at radius 1 is 1.08 bits per heavy atom. The molecule has 0 saturated carbocycles. The van der Waals surface area contributed by atoms with Gasteiger partial charge in [-0.05, 0) is 30.7 Å². The van der Waals surface area contributed by atoms with Crippen LogP contribution in [0.5, 0.6) is 5.75 Å². The van der Waals surface area contributed by atoms with Crippen molar-refractivity contribution >= 4 is 17.5 Å². The van der Waals surface area contributed by atoms with Crippen LogP contribution in [-0.4, -0.2) is 48.0 Å². The number of piperazine rings is 1. The van der Waals surface area contributed by atoms with Crippen molar-refractivity contribution in [2.45, 2.75) is 19.6 Å². The smallest absolute Gasteiger partial charge is 0.263 e. The van der Waals surface area contributed by atoms with Gasteiger partial charge >= 0.3 is 0 Å². The predicted octanol–water partition coefficient (Wildman–Crippen LogP) is 3.45. The molecule has 0 bridgehead atoms. The summed E-state index contributed by atoms with van der Waals surface area (Å²) in [5.41, 5.74) is 1.31. The number of rotatable bonds is 5. The van der Waals surface area contributed by atoms with Crippen LogP contribution in [0, 0.1) is 0 Å². The highest BCUT2D eigenvalue weighted by Crippen LogP contribution is 2.19. The van der Waals surface area contributed by atoms with Gasteiger partial charge in [-0.3, -0.25) is 9.69 Å². The van der Waals surface area contributed by atoms with E-state index in [0.717, 1.165) is 32.7 Å². The van der Waals surface area contributed by atoms with Gasteiger partial charge in [0.15, 0.2) is 6.10 Å². The van der Waals surface area contributed by atoms with E-state index in [1.807, 2.05) is 23.1 Å². The van der Waals surface area contributed by atoms with E-state index >= 15 is 0 Å². The average Bonchev–Trinajstić information content (AvgIpc) is 2.62. The van der Waals surface area contributed by atoms with Gasteiger partial charge < -0.3 is 9.64 Å². The number of ether oxygens (including phenoxy) is 1. The minimum absolute atomic E-state index is 0.0272. The van der Waals surface area contributed by atoms with Gasteiger partial charge in [-0.25, -0.2) is 0 Å². The second-order valence-corrected chi connectivity index (χ2v) is 6.74. The highest BCUT2D eigenvalue weighted by Gasteiger charge is 2.26. The quantitative estimate of drug-likeness (QED) is 0.820. The molecule has 2 aromatic carbocycles. The molecule has 1 heterocycles. The summed E-state index contributed by atoms with van der Waals surface area (Å²) in [5.74, 6) is 0.649. The van der Waals surface area contributed by atoms with E-state index in [9.17, 15) is 4.79 Å². The molecule has 2 aromatic rings. The molecule has 5 heteroatoms. The maximum absolute atomic E-state index is 12.6. The van der Waals surface area contributed by atoms with E-state index in [0.29, 0.717) is 10.8 Å². The number of hydrogen-bond donors (Lipinski definition) is 0. The lowest BCUT2D eigenvalue weighted by molar-refractivity contribution is -0.139. The van der Waals surface area contributed by atoms with Crippen LogP contribution >= 0.6 is 11.6 Å². The van der Waals surface area contributed by atoms with Gasteiger partial charge in [0.25, 0.3) is 5.91 Å². The molecule has 1 aliphatic rings. The van der Waals surface area contributed by atoms with Gasteiger partial charge in [-0.1, -0.05) is 48.0 Å². The van der Waals surface area contributed by atoms with Crippen molar-refractivity contribution in [1.29, 1.82) is 0 Å². The first kappa shape index (κ1) is 17.8. The second-order valence-electron chi connectivity index (χ2n) is 6.30. The zero-order chi connectivity index (χ0) is 17.6. The number of carbonyl (C=O) groups excluding carboxylic acids is 1. The van der Waals surface area contributed by atoms with Gasteiger partial charge in [0.2, 0.25) is 0 Å². The second kappa shape index (κ2) is 8.37. The first-order chi connectivity index (χ1) is 12.1. The normalized spacial score (nSPS) is 16.5. The molecule has 1 amide bonds. The number of nitrogens with zero attached hydrogens (tertiary/aromatic N) is 2. The molecule has 0 aliphatic carbocycles. The van der Waals surface area contributed by atoms with E-state index < -0.39 is 6.10 Å². The third-order valence-corrected chi connectivity index (χ3v) is 4.62. The molecule has 1 saturated heterocycles. The molecule has 0 N–H and O–H groups in total. The zero-order valence-corrected chi connectivity index (χ0v) is 15.2. The Balaban J connectivity index is 1.49. The maximum Gasteiger partial charge on any atom is 0.263 e. The minimum Gasteiger partial charge on any atom is -0.481 e. The van der Waals surface area contributed by atoms with Crippen molar-refractivity contribution in [3.8, 4) is 5.75 Å². The molecule has 4 nitrogen and oxygen atoms in total. The van der Waals surface area contributed by atoms with Gasteiger partial charge in [-0.2, -0.15) is 0 Å². The number of carbonyl (C=O) groups is 1. The number of halogens is 1. The van der Waals surface area contributed by atoms with Crippen LogP contribution in [0.15, 0.2) is 54.6 Å². The third-order valence-electron chi connectivity index (χ3n) is 4.39. The third kappa shape index (κ3) is 4.97. The largest absolute Gasteiger partial charge is 0.481 e. The fraction of sp³-hybridized carbons (Fsp3) is 0.350. The van der Waals surface area contributed by atoms with Gasteiger partial charge in [0, 0.05) is 37.7 Å². The molecule has 1 fully saturated rings. The Kier molecular flexibility index (Phi) is 5.95. The van der Waals surface area contributed by atoms with E-state index in [2.05, 4.69) is 29.2 Å². The van der Waals surface area contributed by atoms with E-state index in [1.165, 1.54) is 5.56 Å². The van der Waals surface area contributed by atoms with Gasteiger partial charge in [-0.15, -0.1) is 0 Å². The van der Waals surface area contributed by atoms with Crippen molar-refractivity contribution < 1.29 is 9.53 Å². The van der Waals surface area contributed by atoms with E-state index in [1.54, 1.807) is 19.1 Å². The van der Waals surface area contributed by atoms with Crippen LogP contribution in [0.4, 0.5) is 0 Å². The number of benzene rings is 2. The van der Waals surface area contributed by atoms with Crippen LogP contribution in [-0.2, 0) is 11.3 Å². The topological polar surface area (TPSA) is 32.8 Å². The molecule has 25 heavy (non-hydrogen) atoms. The summed E-state index contributed by atoms with van der Waals surface area (Å²) < 4.78 is 5.74. The monoisotopic (exact) mass is 358 g/mol. The molecule has 132 valence electrons. The van der Waals surface area contributed by atoms with Gasteiger partial charge in [0.05, 0.1) is 0 Å². The Labute approximate surface area is 154 Å². The standard InChI is InChI=1S/C20H23ClN2O2/c1-16(25-19-9-5-8-18(21)14-19)20(24)23-12-10-22(11-13-23)15-17-6-3-2-4-7-17/h2-9,14,16H,10-13,15H2,1H3. The summed E-state index contributed by atoms with van der Waals surface area (Å²) in [6.07, 6.45) is -0.515. The summed E-state index contributed by atoms with van der Waals surface area (Å²) in [6, 6.07) is 17.6. The fourth-order valence-electron chi connectivity index (χ4n) is 3.02. The SMILES string of the molecule is CC(Oc1cccc(Cl)c1)C(=O)N1CCN(Cc2ccccc2)CC1. The lowest BCUT2D eigenvalue weighted by Gasteiger charge is -2.35. The summed E-state index contributed by atoms with van der Waals surface area (Å²) >= 11 is 5.96. The van der Waals surface area contributed by atoms with Crippen LogP contribution in [0.2, 0.25) is 5.02 Å². The molecular formula is C20H23ClN2O2. The lowest BCUT2D eigenvalue weighted by atomic mass is 10.2. The average molecular weight is 359 g/mol. The molecule has 0 radical (unpaired) electrons. The summed E-state index contributed by atoms with van der Waals surface area (Å²) in [7, 11) is 0. The Morgan fingerprint density at radius 2 is 1.80 bits per heavy atom. The van der Waals surface area contributed by atoms with Gasteiger partial charge in [0.1, 0.15) is 5.75 Å². The fourth-order valence-corrected chi connectivity index (χ4v) is 3.20. The zero-order valence-electron chi connectivity index (χ0n) is 14.4. The van der Waals surface area contributed by atoms with Crippen LogP contribution < -0.4 is 4.74 Å². The predicted molar refractivity (Wildman–Crippen MR) is 99.8 cm³/mol. The van der Waals surface area contributed by atoms with Crippen molar-refractivity contribution in [3.63, 3.8) is 0 Å². The van der Waals surface area contributed by atoms with Crippen molar-refractivity contribution in [2.75, 3.05) is 26.2 Å². The highest BCUT2D eigenvalue weighted by molar-refractivity contribution is 6.30. The highest BCUT2D eigenvalue weighted by atomic mass is 35.5. The summed E-state index contributed by atoms with van der Waals surface area (Å²) in [6.45, 7) is 5.94. The van der Waals surface area contributed by atoms with Crippen LogP contribution in [0.1, 0.15) is 12.5 Å². The van der Waals surface area contributed by atoms with Crippen molar-refractivity contribution in [1.82, 2.24) is 9.80 Å². The molecule has 0 spiro atoms. The molecular weight excluding hydrogens is 336 g/mol. The first-order valence-corrected chi connectivity index (χ1v) is 8.97. The molecule has 1 unspecified atom stereocenters. The lowest BCUT2D eigenvalue weighted by Crippen LogP contribution is -2.51. The summed E-state index contributed by atoms with van der Waals surface area (Å²) in [4.78, 5) is 16.9. The van der Waals surface area contributed by atoms with E-state index in [-0.39, 0.29) is 5.91 Å². The number of amides is 1. The minimum atomic E-state index is -0.515. The first-order valence-electron chi connectivity index (χ1n) is 8.59. The molecule has 3 rings (SSSR count). The molecule has 0 aromatic heterocycles. The Hall–Kier alpha value is -2.04. The Bertz CT molecular complexity index is 700. The van der Waals surface area contributed by atoms with Crippen LogP contribution in [0.3, 0.4) is 0 Å². The maximum atomic E-state index is 12.6. The van der Waals surface area contributed by atoms with Crippen molar-refractivity contribution in [3.05, 3.63) is 65.2 Å². The van der Waals surface area contributed by atoms with Crippen molar-refractivity contribution in [2.24, 2.45) is 0 Å². The summed E-state index contributed by atoms with van der Waals surface area (Å²) in [5, 5.41) is 0.603.